The average Bonchev–Trinajstić information content (AvgIpc) is 3.25. The van der Waals surface area contributed by atoms with Crippen LogP contribution in [-0.4, -0.2) is 75.7 Å². The summed E-state index contributed by atoms with van der Waals surface area (Å²) in [5, 5.41) is 18.7. The molecule has 3 atom stereocenters. The molecular weight excluding hydrogens is 442 g/mol. The number of amides is 1. The quantitative estimate of drug-likeness (QED) is 0.462. The number of rotatable bonds is 9. The Morgan fingerprint density at radius 1 is 1.20 bits per heavy atom. The summed E-state index contributed by atoms with van der Waals surface area (Å²) in [7, 11) is 2.15. The lowest BCUT2D eigenvalue weighted by Gasteiger charge is -2.40. The van der Waals surface area contributed by atoms with Gasteiger partial charge in [-0.3, -0.25) is 14.5 Å². The highest BCUT2D eigenvalue weighted by Crippen LogP contribution is 2.40. The smallest absolute Gasteiger partial charge is 0.305 e. The predicted molar refractivity (Wildman–Crippen MR) is 140 cm³/mol. The van der Waals surface area contributed by atoms with E-state index in [1.165, 1.54) is 27.6 Å². The van der Waals surface area contributed by atoms with E-state index in [2.05, 4.69) is 68.2 Å². The van der Waals surface area contributed by atoms with Gasteiger partial charge in [-0.05, 0) is 56.5 Å². The fraction of sp³-hybridized carbons (Fsp3) is 0.571. The second-order valence-corrected chi connectivity index (χ2v) is 9.69. The maximum atomic E-state index is 12.9. The lowest BCUT2D eigenvalue weighted by atomic mass is 9.79. The van der Waals surface area contributed by atoms with Crippen LogP contribution in [0.5, 0.6) is 0 Å². The molecule has 7 nitrogen and oxygen atoms in total. The highest BCUT2D eigenvalue weighted by molar-refractivity contribution is 5.99. The third-order valence-corrected chi connectivity index (χ3v) is 7.21. The number of H-pyrrole nitrogens is 1. The molecule has 0 saturated heterocycles. The lowest BCUT2D eigenvalue weighted by molar-refractivity contribution is -0.139. The average molecular weight is 484 g/mol. The number of nitrogens with zero attached hydrogens (tertiary/aromatic N) is 2. The minimum Gasteiger partial charge on any atom is -0.481 e. The Kier molecular flexibility index (Phi) is 9.52. The van der Waals surface area contributed by atoms with Crippen LogP contribution in [0.2, 0.25) is 0 Å². The van der Waals surface area contributed by atoms with Gasteiger partial charge in [0.1, 0.15) is 0 Å². The summed E-state index contributed by atoms with van der Waals surface area (Å²) in [4.78, 5) is 30.6. The van der Waals surface area contributed by atoms with Crippen LogP contribution in [0.3, 0.4) is 0 Å². The van der Waals surface area contributed by atoms with E-state index in [1.54, 1.807) is 0 Å². The van der Waals surface area contributed by atoms with E-state index in [4.69, 9.17) is 10.2 Å². The Hall–Kier alpha value is -2.64. The van der Waals surface area contributed by atoms with Gasteiger partial charge in [-0.1, -0.05) is 44.4 Å². The monoisotopic (exact) mass is 483 g/mol. The molecule has 2 aliphatic rings. The normalized spacial score (nSPS) is 19.9. The van der Waals surface area contributed by atoms with E-state index in [-0.39, 0.29) is 18.2 Å². The number of hydrogen-bond acceptors (Lipinski definition) is 4. The molecule has 1 aromatic carbocycles. The minimum absolute atomic E-state index is 0.0445. The molecule has 0 spiro atoms. The van der Waals surface area contributed by atoms with Gasteiger partial charge < -0.3 is 20.1 Å². The number of aliphatic carboxylic acids is 1. The number of likely N-dealkylation sites (N-methyl/N-ethyl adjacent to an activating group) is 1. The summed E-state index contributed by atoms with van der Waals surface area (Å²) in [6.07, 6.45) is 8.33. The fourth-order valence-electron chi connectivity index (χ4n) is 5.31. The summed E-state index contributed by atoms with van der Waals surface area (Å²) in [5.41, 5.74) is 5.21. The van der Waals surface area contributed by atoms with E-state index >= 15 is 0 Å². The molecule has 3 N–H and O–H groups in total. The summed E-state index contributed by atoms with van der Waals surface area (Å²) >= 11 is 0. The Morgan fingerprint density at radius 2 is 1.94 bits per heavy atom. The number of carbonyl (C=O) groups is 2. The molecule has 4 rings (SSSR count). The number of unbranched alkanes of at least 4 members (excludes halogenated alkanes) is 2. The molecule has 0 radical (unpaired) electrons. The number of fused-ring (bicyclic) bond motifs is 2. The van der Waals surface area contributed by atoms with Crippen molar-refractivity contribution in [3.8, 4) is 0 Å². The molecular formula is C28H41N3O4. The van der Waals surface area contributed by atoms with Gasteiger partial charge in [0.2, 0.25) is 5.91 Å². The number of carboxylic acid groups (broad SMARTS) is 1. The molecule has 7 heteroatoms. The first-order valence-corrected chi connectivity index (χ1v) is 13.0. The van der Waals surface area contributed by atoms with Crippen molar-refractivity contribution in [3.05, 3.63) is 41.6 Å². The molecule has 1 unspecified atom stereocenters. The zero-order valence-corrected chi connectivity index (χ0v) is 21.6. The zero-order valence-electron chi connectivity index (χ0n) is 21.6. The molecule has 1 amide bonds. The standard InChI is InChI=1S/C20H25N3O.C8H16O3/c1-4-23(5-2)20(24)14-9-16-15-7-6-8-17-19(15)13(11-21-17)10-18(16)22(3)12-14;1-2-3-4-5-7(9)6-8(10)11/h6-9,11,14,18,21H,4-5,10,12H2,1-3H3;7,9H,2-6H2,1H3,(H,10,11)/t14-,18-;/m1./s1. The summed E-state index contributed by atoms with van der Waals surface area (Å²) < 4.78 is 0. The van der Waals surface area contributed by atoms with Crippen molar-refractivity contribution >= 4 is 28.4 Å². The number of aliphatic hydroxyl groups is 1. The molecule has 0 bridgehead atoms. The topological polar surface area (TPSA) is 96.9 Å². The number of nitrogens with one attached hydrogen (secondary N) is 1. The van der Waals surface area contributed by atoms with Gasteiger partial charge in [0.25, 0.3) is 0 Å². The van der Waals surface area contributed by atoms with E-state index in [1.807, 2.05) is 4.90 Å². The Bertz CT molecular complexity index is 1040. The number of benzene rings is 1. The van der Waals surface area contributed by atoms with Gasteiger partial charge in [-0.25, -0.2) is 0 Å². The van der Waals surface area contributed by atoms with Gasteiger partial charge in [-0.2, -0.15) is 0 Å². The van der Waals surface area contributed by atoms with Crippen LogP contribution in [0.4, 0.5) is 0 Å². The van der Waals surface area contributed by atoms with Crippen molar-refractivity contribution in [2.24, 2.45) is 5.92 Å². The number of aliphatic hydroxyl groups excluding tert-OH is 1. The van der Waals surface area contributed by atoms with Crippen LogP contribution in [-0.2, 0) is 16.0 Å². The number of carboxylic acids is 1. The van der Waals surface area contributed by atoms with E-state index in [0.717, 1.165) is 45.3 Å². The number of aromatic amines is 1. The maximum Gasteiger partial charge on any atom is 0.305 e. The van der Waals surface area contributed by atoms with Crippen LogP contribution in [0.1, 0.15) is 64.0 Å². The van der Waals surface area contributed by atoms with Crippen LogP contribution in [0.25, 0.3) is 16.5 Å². The van der Waals surface area contributed by atoms with Crippen LogP contribution < -0.4 is 0 Å². The van der Waals surface area contributed by atoms with Gasteiger partial charge in [0, 0.05) is 42.8 Å². The number of carbonyl (C=O) groups excluding carboxylic acids is 1. The van der Waals surface area contributed by atoms with Crippen molar-refractivity contribution in [2.45, 2.75) is 71.4 Å². The lowest BCUT2D eigenvalue weighted by Crippen LogP contribution is -2.47. The van der Waals surface area contributed by atoms with E-state index in [9.17, 15) is 9.59 Å². The minimum atomic E-state index is -0.922. The van der Waals surface area contributed by atoms with E-state index < -0.39 is 12.1 Å². The highest BCUT2D eigenvalue weighted by atomic mass is 16.4. The second kappa shape index (κ2) is 12.4. The molecule has 1 aliphatic carbocycles. The SMILES string of the molecule is CCCCCC(O)CC(=O)O.CCN(CC)C(=O)[C@@H]1C=C2c3cccc4[nH]cc(c34)C[C@H]2N(C)C1. The molecule has 2 heterocycles. The van der Waals surface area contributed by atoms with Crippen molar-refractivity contribution in [1.29, 1.82) is 0 Å². The largest absolute Gasteiger partial charge is 0.481 e. The Morgan fingerprint density at radius 3 is 2.60 bits per heavy atom. The highest BCUT2D eigenvalue weighted by Gasteiger charge is 2.36. The van der Waals surface area contributed by atoms with Gasteiger partial charge in [0.05, 0.1) is 18.4 Å². The maximum absolute atomic E-state index is 12.9. The first-order valence-electron chi connectivity index (χ1n) is 13.0. The van der Waals surface area contributed by atoms with Gasteiger partial charge >= 0.3 is 5.97 Å². The number of aromatic nitrogens is 1. The van der Waals surface area contributed by atoms with Crippen molar-refractivity contribution in [3.63, 3.8) is 0 Å². The van der Waals surface area contributed by atoms with Crippen molar-refractivity contribution in [2.75, 3.05) is 26.7 Å². The van der Waals surface area contributed by atoms with Crippen molar-refractivity contribution in [1.82, 2.24) is 14.8 Å². The Balaban J connectivity index is 0.000000266. The fourth-order valence-corrected chi connectivity index (χ4v) is 5.31. The molecule has 0 fully saturated rings. The summed E-state index contributed by atoms with van der Waals surface area (Å²) in [6, 6.07) is 6.82. The third-order valence-electron chi connectivity index (χ3n) is 7.21. The van der Waals surface area contributed by atoms with Crippen LogP contribution >= 0.6 is 0 Å². The van der Waals surface area contributed by atoms with E-state index in [0.29, 0.717) is 12.5 Å². The number of hydrogen-bond donors (Lipinski definition) is 3. The molecule has 0 saturated carbocycles. The first-order chi connectivity index (χ1) is 16.8. The molecule has 2 aromatic rings. The van der Waals surface area contributed by atoms with Crippen LogP contribution in [0, 0.1) is 5.92 Å². The summed E-state index contributed by atoms with van der Waals surface area (Å²) in [5.74, 6) is -0.712. The molecule has 1 aliphatic heterocycles. The van der Waals surface area contributed by atoms with Gasteiger partial charge in [0.15, 0.2) is 0 Å². The van der Waals surface area contributed by atoms with Gasteiger partial charge in [-0.15, -0.1) is 0 Å². The second-order valence-electron chi connectivity index (χ2n) is 9.69. The molecule has 192 valence electrons. The Labute approximate surface area is 208 Å². The first kappa shape index (κ1) is 27.0. The summed E-state index contributed by atoms with van der Waals surface area (Å²) in [6.45, 7) is 8.54. The van der Waals surface area contributed by atoms with Crippen molar-refractivity contribution < 1.29 is 19.8 Å². The molecule has 1 aromatic heterocycles. The molecule has 35 heavy (non-hydrogen) atoms. The predicted octanol–water partition coefficient (Wildman–Crippen LogP) is 4.31. The third kappa shape index (κ3) is 6.33. The zero-order chi connectivity index (χ0) is 25.5. The van der Waals surface area contributed by atoms with Crippen LogP contribution in [0.15, 0.2) is 30.5 Å².